The number of benzene rings is 1. The fourth-order valence-corrected chi connectivity index (χ4v) is 3.17. The number of hydrogen-bond donors (Lipinski definition) is 1. The molecule has 1 fully saturated rings. The molecule has 9 nitrogen and oxygen atoms in total. The van der Waals surface area contributed by atoms with Crippen molar-refractivity contribution in [2.75, 3.05) is 6.61 Å². The summed E-state index contributed by atoms with van der Waals surface area (Å²) < 4.78 is 31.5. The maximum Gasteiger partial charge on any atom is 0.338 e. The third-order valence-corrected chi connectivity index (χ3v) is 4.72. The molecule has 154 valence electrons. The molecule has 2 heterocycles. The van der Waals surface area contributed by atoms with Crippen molar-refractivity contribution in [2.24, 2.45) is 0 Å². The van der Waals surface area contributed by atoms with Crippen LogP contribution < -0.4 is 11.2 Å². The first-order chi connectivity index (χ1) is 13.8. The molecule has 1 saturated heterocycles. The van der Waals surface area contributed by atoms with E-state index in [1.165, 1.54) is 0 Å². The highest BCUT2D eigenvalue weighted by Gasteiger charge is 2.49. The summed E-state index contributed by atoms with van der Waals surface area (Å²) in [5.41, 5.74) is -1.32. The van der Waals surface area contributed by atoms with Gasteiger partial charge in [0.05, 0.1) is 10.0 Å². The smallest absolute Gasteiger partial charge is 0.338 e. The maximum absolute atomic E-state index is 15.0. The molecule has 0 amide bonds. The van der Waals surface area contributed by atoms with Crippen LogP contribution in [-0.2, 0) is 19.0 Å². The number of halogens is 2. The largest absolute Gasteiger partial charge is 0.459 e. The highest BCUT2D eigenvalue weighted by atomic mass is 79.9. The molecule has 0 spiro atoms. The van der Waals surface area contributed by atoms with Gasteiger partial charge in [0.15, 0.2) is 18.5 Å². The van der Waals surface area contributed by atoms with E-state index in [2.05, 4.69) is 15.9 Å². The topological polar surface area (TPSA) is 117 Å². The van der Waals surface area contributed by atoms with Gasteiger partial charge in [0.2, 0.25) is 0 Å². The van der Waals surface area contributed by atoms with E-state index >= 15 is 0 Å². The molecule has 0 radical (unpaired) electrons. The van der Waals surface area contributed by atoms with E-state index in [1.54, 1.807) is 30.3 Å². The Hall–Kier alpha value is -2.79. The van der Waals surface area contributed by atoms with Crippen molar-refractivity contribution in [2.45, 2.75) is 31.5 Å². The Balaban J connectivity index is 1.81. The van der Waals surface area contributed by atoms with Crippen molar-refractivity contribution in [3.63, 3.8) is 0 Å². The van der Waals surface area contributed by atoms with E-state index in [9.17, 15) is 23.6 Å². The number of aromatic amines is 1. The van der Waals surface area contributed by atoms with Crippen molar-refractivity contribution in [3.05, 3.63) is 67.4 Å². The summed E-state index contributed by atoms with van der Waals surface area (Å²) in [6, 6.07) is 8.11. The number of H-pyrrole nitrogens is 1. The molecule has 11 heteroatoms. The zero-order valence-corrected chi connectivity index (χ0v) is 16.6. The SMILES string of the molecule is CC(=O)O[C@H]1[C@@H](F)[C@H](n2cc(Br)c(=O)[nH]c2=O)O[C@@H]1COC(=O)c1ccccc1. The van der Waals surface area contributed by atoms with Crippen molar-refractivity contribution >= 4 is 27.9 Å². The molecule has 1 aromatic carbocycles. The lowest BCUT2D eigenvalue weighted by molar-refractivity contribution is -0.152. The first-order valence-electron chi connectivity index (χ1n) is 8.48. The lowest BCUT2D eigenvalue weighted by Crippen LogP contribution is -2.38. The number of carbonyl (C=O) groups is 2. The summed E-state index contributed by atoms with van der Waals surface area (Å²) in [4.78, 5) is 49.1. The van der Waals surface area contributed by atoms with Gasteiger partial charge in [-0.05, 0) is 28.1 Å². The van der Waals surface area contributed by atoms with Crippen LogP contribution in [0, 0.1) is 0 Å². The standard InChI is InChI=1S/C18H16BrFN2O7/c1-9(23)28-14-12(8-27-17(25)10-5-3-2-4-6-10)29-16(13(14)20)22-7-11(19)15(24)21-18(22)26/h2-7,12-14,16H,8H2,1H3,(H,21,24,26)/t12-,13-,14-,16-/m1/s1. The van der Waals surface area contributed by atoms with Crippen molar-refractivity contribution < 1.29 is 28.2 Å². The van der Waals surface area contributed by atoms with E-state index in [0.29, 0.717) is 0 Å². The third-order valence-electron chi connectivity index (χ3n) is 4.16. The van der Waals surface area contributed by atoms with Gasteiger partial charge in [0.1, 0.15) is 12.7 Å². The van der Waals surface area contributed by atoms with Gasteiger partial charge in [-0.3, -0.25) is 19.1 Å². The van der Waals surface area contributed by atoms with Gasteiger partial charge in [0.25, 0.3) is 5.56 Å². The predicted octanol–water partition coefficient (Wildman–Crippen LogP) is 1.32. The Morgan fingerprint density at radius 3 is 2.62 bits per heavy atom. The lowest BCUT2D eigenvalue weighted by Gasteiger charge is -2.18. The summed E-state index contributed by atoms with van der Waals surface area (Å²) in [6.45, 7) is 0.678. The number of ether oxygens (including phenoxy) is 3. The van der Waals surface area contributed by atoms with Gasteiger partial charge in [0, 0.05) is 13.1 Å². The van der Waals surface area contributed by atoms with E-state index in [-0.39, 0.29) is 10.0 Å². The van der Waals surface area contributed by atoms with E-state index in [1.807, 2.05) is 4.98 Å². The van der Waals surface area contributed by atoms with Gasteiger partial charge >= 0.3 is 17.6 Å². The van der Waals surface area contributed by atoms with Crippen LogP contribution in [0.2, 0.25) is 0 Å². The second kappa shape index (κ2) is 8.70. The molecule has 29 heavy (non-hydrogen) atoms. The minimum atomic E-state index is -1.95. The summed E-state index contributed by atoms with van der Waals surface area (Å²) in [6.07, 6.45) is -4.96. The number of nitrogens with one attached hydrogen (secondary N) is 1. The van der Waals surface area contributed by atoms with Crippen LogP contribution in [0.3, 0.4) is 0 Å². The Bertz CT molecular complexity index is 1020. The minimum Gasteiger partial charge on any atom is -0.459 e. The van der Waals surface area contributed by atoms with Crippen LogP contribution in [0.1, 0.15) is 23.5 Å². The molecule has 3 rings (SSSR count). The van der Waals surface area contributed by atoms with Gasteiger partial charge in [-0.15, -0.1) is 0 Å². The summed E-state index contributed by atoms with van der Waals surface area (Å²) in [5.74, 6) is -1.44. The van der Waals surface area contributed by atoms with Crippen LogP contribution in [0.5, 0.6) is 0 Å². The van der Waals surface area contributed by atoms with Crippen LogP contribution in [-0.4, -0.2) is 46.5 Å². The number of carbonyl (C=O) groups excluding carboxylic acids is 2. The van der Waals surface area contributed by atoms with Crippen molar-refractivity contribution in [1.29, 1.82) is 0 Å². The first-order valence-corrected chi connectivity index (χ1v) is 9.27. The molecule has 1 N–H and O–H groups in total. The fraction of sp³-hybridized carbons (Fsp3) is 0.333. The summed E-state index contributed by atoms with van der Waals surface area (Å²) in [7, 11) is 0. The fourth-order valence-electron chi connectivity index (χ4n) is 2.85. The summed E-state index contributed by atoms with van der Waals surface area (Å²) in [5, 5.41) is 0. The zero-order chi connectivity index (χ0) is 21.1. The average Bonchev–Trinajstić information content (AvgIpc) is 2.98. The molecule has 0 bridgehead atoms. The van der Waals surface area contributed by atoms with Gasteiger partial charge in [-0.1, -0.05) is 18.2 Å². The molecule has 1 aromatic heterocycles. The van der Waals surface area contributed by atoms with E-state index < -0.39 is 54.4 Å². The quantitative estimate of drug-likeness (QED) is 0.654. The zero-order valence-electron chi connectivity index (χ0n) is 15.0. The van der Waals surface area contributed by atoms with Crippen LogP contribution in [0.25, 0.3) is 0 Å². The number of aromatic nitrogens is 2. The van der Waals surface area contributed by atoms with E-state index in [4.69, 9.17) is 14.2 Å². The molecule has 0 aliphatic carbocycles. The highest BCUT2D eigenvalue weighted by molar-refractivity contribution is 9.10. The average molecular weight is 471 g/mol. The Morgan fingerprint density at radius 1 is 1.28 bits per heavy atom. The molecular weight excluding hydrogens is 455 g/mol. The molecule has 1 aliphatic rings. The highest BCUT2D eigenvalue weighted by Crippen LogP contribution is 2.33. The van der Waals surface area contributed by atoms with Crippen molar-refractivity contribution in [1.82, 2.24) is 9.55 Å². The van der Waals surface area contributed by atoms with Crippen molar-refractivity contribution in [3.8, 4) is 0 Å². The van der Waals surface area contributed by atoms with Crippen LogP contribution >= 0.6 is 15.9 Å². The molecule has 0 saturated carbocycles. The Kier molecular flexibility index (Phi) is 6.28. The predicted molar refractivity (Wildman–Crippen MR) is 100 cm³/mol. The number of alkyl halides is 1. The normalized spacial score (nSPS) is 23.6. The molecular formula is C18H16BrFN2O7. The second-order valence-corrected chi connectivity index (χ2v) is 7.05. The molecule has 0 unspecified atom stereocenters. The van der Waals surface area contributed by atoms with Gasteiger partial charge in [-0.2, -0.15) is 0 Å². The second-order valence-electron chi connectivity index (χ2n) is 6.19. The Morgan fingerprint density at radius 2 is 1.97 bits per heavy atom. The monoisotopic (exact) mass is 470 g/mol. The number of rotatable bonds is 5. The number of esters is 2. The maximum atomic E-state index is 15.0. The lowest BCUT2D eigenvalue weighted by atomic mass is 10.1. The third kappa shape index (κ3) is 4.62. The molecule has 1 aliphatic heterocycles. The van der Waals surface area contributed by atoms with Gasteiger partial charge < -0.3 is 14.2 Å². The first kappa shape index (κ1) is 20.9. The molecule has 4 atom stereocenters. The summed E-state index contributed by atoms with van der Waals surface area (Å²) >= 11 is 2.96. The van der Waals surface area contributed by atoms with Crippen LogP contribution in [0.4, 0.5) is 4.39 Å². The van der Waals surface area contributed by atoms with E-state index in [0.717, 1.165) is 17.7 Å². The Labute approximate surface area is 171 Å². The minimum absolute atomic E-state index is 0.0177. The van der Waals surface area contributed by atoms with Crippen LogP contribution in [0.15, 0.2) is 50.6 Å². The van der Waals surface area contributed by atoms with Gasteiger partial charge in [-0.25, -0.2) is 14.0 Å². The number of nitrogens with zero attached hydrogens (tertiary/aromatic N) is 1. The number of hydrogen-bond acceptors (Lipinski definition) is 7. The molecule has 2 aromatic rings.